The molecule has 1 N–H and O–H groups in total. The largest absolute Gasteiger partial charge is 0.454 e. The average molecular weight is 482 g/mol. The number of ether oxygens (including phenoxy) is 2. The predicted octanol–water partition coefficient (Wildman–Crippen LogP) is 2.94. The molecule has 2 aromatic carbocycles. The lowest BCUT2D eigenvalue weighted by molar-refractivity contribution is -0.135. The zero-order valence-electron chi connectivity index (χ0n) is 18.8. The van der Waals surface area contributed by atoms with Crippen LogP contribution in [0.5, 0.6) is 11.5 Å². The van der Waals surface area contributed by atoms with Crippen LogP contribution < -0.4 is 19.7 Å². The minimum atomic E-state index is -0.866. The Bertz CT molecular complexity index is 1100. The molecule has 2 aromatic rings. The second kappa shape index (κ2) is 9.97. The first-order chi connectivity index (χ1) is 16.6. The third-order valence-corrected chi connectivity index (χ3v) is 7.50. The Morgan fingerprint density at radius 3 is 2.59 bits per heavy atom. The molecule has 0 aromatic heterocycles. The van der Waals surface area contributed by atoms with E-state index in [0.29, 0.717) is 36.8 Å². The van der Waals surface area contributed by atoms with Crippen molar-refractivity contribution in [2.24, 2.45) is 0 Å². The fraction of sp³-hybridized carbons (Fsp3) is 0.400. The standard InChI is InChI=1S/C25H27N3O5S/c29-22(26-14-17-9-10-19-20(13-17)33-16-32-19)15-28-18-7-3-4-8-21(18)34-23(25(28)31)24(30)27-11-5-1-2-6-12-27/h3-4,7-10,13,23H,1-2,5-6,11-12,14-16H2,(H,26,29)/t23-/m1/s1. The SMILES string of the molecule is O=C(CN1C(=O)[C@@H](C(=O)N2CCCCCC2)Sc2ccccc21)NCc1ccc2c(c1)OCO2. The predicted molar refractivity (Wildman–Crippen MR) is 128 cm³/mol. The number of para-hydroxylation sites is 1. The van der Waals surface area contributed by atoms with Crippen molar-refractivity contribution in [3.05, 3.63) is 48.0 Å². The second-order valence-corrected chi connectivity index (χ2v) is 9.74. The van der Waals surface area contributed by atoms with Crippen LogP contribution in [0.3, 0.4) is 0 Å². The smallest absolute Gasteiger partial charge is 0.250 e. The van der Waals surface area contributed by atoms with E-state index in [0.717, 1.165) is 36.1 Å². The molecule has 0 unspecified atom stereocenters. The fourth-order valence-electron chi connectivity index (χ4n) is 4.44. The highest BCUT2D eigenvalue weighted by Gasteiger charge is 2.40. The molecule has 9 heteroatoms. The Morgan fingerprint density at radius 1 is 1.00 bits per heavy atom. The number of nitrogens with zero attached hydrogens (tertiary/aromatic N) is 2. The highest BCUT2D eigenvalue weighted by Crippen LogP contribution is 2.40. The fourth-order valence-corrected chi connectivity index (χ4v) is 5.63. The maximum Gasteiger partial charge on any atom is 0.250 e. The van der Waals surface area contributed by atoms with Crippen LogP contribution in [0, 0.1) is 0 Å². The zero-order chi connectivity index (χ0) is 23.5. The molecule has 0 radical (unpaired) electrons. The molecule has 0 aliphatic carbocycles. The molecule has 3 heterocycles. The molecule has 5 rings (SSSR count). The van der Waals surface area contributed by atoms with Gasteiger partial charge in [0.25, 0.3) is 5.91 Å². The van der Waals surface area contributed by atoms with Crippen molar-refractivity contribution in [2.45, 2.75) is 42.4 Å². The molecule has 3 aliphatic heterocycles. The normalized spacial score (nSPS) is 19.4. The summed E-state index contributed by atoms with van der Waals surface area (Å²) in [5.74, 6) is 0.545. The van der Waals surface area contributed by atoms with Gasteiger partial charge in [-0.2, -0.15) is 0 Å². The molecule has 1 atom stereocenters. The molecule has 0 bridgehead atoms. The molecular weight excluding hydrogens is 454 g/mol. The summed E-state index contributed by atoms with van der Waals surface area (Å²) in [5.41, 5.74) is 1.53. The molecule has 34 heavy (non-hydrogen) atoms. The number of rotatable bonds is 5. The van der Waals surface area contributed by atoms with Crippen LogP contribution in [0.25, 0.3) is 0 Å². The molecule has 8 nitrogen and oxygen atoms in total. The first kappa shape index (κ1) is 22.6. The van der Waals surface area contributed by atoms with Crippen molar-refractivity contribution >= 4 is 35.2 Å². The van der Waals surface area contributed by atoms with Crippen molar-refractivity contribution in [3.8, 4) is 11.5 Å². The van der Waals surface area contributed by atoms with Gasteiger partial charge in [0.2, 0.25) is 18.6 Å². The van der Waals surface area contributed by atoms with Crippen LogP contribution in [0.15, 0.2) is 47.4 Å². The van der Waals surface area contributed by atoms with Crippen molar-refractivity contribution < 1.29 is 23.9 Å². The van der Waals surface area contributed by atoms with Crippen molar-refractivity contribution in [2.75, 3.05) is 31.3 Å². The number of carbonyl (C=O) groups excluding carboxylic acids is 3. The lowest BCUT2D eigenvalue weighted by Gasteiger charge is -2.34. The van der Waals surface area contributed by atoms with Crippen LogP contribution in [0.2, 0.25) is 0 Å². The maximum atomic E-state index is 13.4. The Hall–Kier alpha value is -3.20. The van der Waals surface area contributed by atoms with Gasteiger partial charge < -0.3 is 24.6 Å². The van der Waals surface area contributed by atoms with Crippen LogP contribution in [-0.2, 0) is 20.9 Å². The van der Waals surface area contributed by atoms with Gasteiger partial charge in [0.1, 0.15) is 6.54 Å². The van der Waals surface area contributed by atoms with Gasteiger partial charge in [-0.15, -0.1) is 11.8 Å². The summed E-state index contributed by atoms with van der Waals surface area (Å²) in [6.07, 6.45) is 4.13. The van der Waals surface area contributed by atoms with E-state index in [1.165, 1.54) is 16.7 Å². The van der Waals surface area contributed by atoms with Gasteiger partial charge in [0, 0.05) is 24.5 Å². The monoisotopic (exact) mass is 481 g/mol. The number of carbonyl (C=O) groups is 3. The molecule has 178 valence electrons. The summed E-state index contributed by atoms with van der Waals surface area (Å²) in [7, 11) is 0. The Balaban J connectivity index is 1.28. The summed E-state index contributed by atoms with van der Waals surface area (Å²) in [5, 5.41) is 2.01. The van der Waals surface area contributed by atoms with Gasteiger partial charge in [0.15, 0.2) is 16.7 Å². The van der Waals surface area contributed by atoms with E-state index in [-0.39, 0.29) is 31.1 Å². The molecule has 3 amide bonds. The van der Waals surface area contributed by atoms with E-state index in [2.05, 4.69) is 5.32 Å². The minimum absolute atomic E-state index is 0.148. The first-order valence-electron chi connectivity index (χ1n) is 11.6. The number of anilines is 1. The number of nitrogens with one attached hydrogen (secondary N) is 1. The maximum absolute atomic E-state index is 13.4. The van der Waals surface area contributed by atoms with E-state index >= 15 is 0 Å². The number of likely N-dealkylation sites (tertiary alicyclic amines) is 1. The number of hydrogen-bond acceptors (Lipinski definition) is 6. The zero-order valence-corrected chi connectivity index (χ0v) is 19.6. The lowest BCUT2D eigenvalue weighted by Crippen LogP contribution is -2.52. The Kier molecular flexibility index (Phi) is 6.62. The van der Waals surface area contributed by atoms with Crippen molar-refractivity contribution in [1.82, 2.24) is 10.2 Å². The van der Waals surface area contributed by atoms with Crippen molar-refractivity contribution in [3.63, 3.8) is 0 Å². The van der Waals surface area contributed by atoms with E-state index < -0.39 is 5.25 Å². The molecule has 3 aliphatic rings. The molecule has 0 saturated carbocycles. The van der Waals surface area contributed by atoms with E-state index in [1.54, 1.807) is 0 Å². The Morgan fingerprint density at radius 2 is 1.76 bits per heavy atom. The van der Waals surface area contributed by atoms with E-state index in [1.807, 2.05) is 47.4 Å². The van der Waals surface area contributed by atoms with Gasteiger partial charge in [0.05, 0.1) is 5.69 Å². The summed E-state index contributed by atoms with van der Waals surface area (Å²) in [6, 6.07) is 12.9. The molecule has 0 spiro atoms. The highest BCUT2D eigenvalue weighted by molar-refractivity contribution is 8.01. The van der Waals surface area contributed by atoms with Gasteiger partial charge in [-0.3, -0.25) is 14.4 Å². The number of benzene rings is 2. The number of thioether (sulfide) groups is 1. The van der Waals surface area contributed by atoms with Gasteiger partial charge in [-0.25, -0.2) is 0 Å². The molecular formula is C25H27N3O5S. The Labute approximate surface area is 202 Å². The third kappa shape index (κ3) is 4.70. The van der Waals surface area contributed by atoms with Crippen LogP contribution >= 0.6 is 11.8 Å². The molecule has 1 fully saturated rings. The number of fused-ring (bicyclic) bond motifs is 2. The highest BCUT2D eigenvalue weighted by atomic mass is 32.2. The number of amides is 3. The summed E-state index contributed by atoms with van der Waals surface area (Å²) >= 11 is 1.29. The van der Waals surface area contributed by atoms with Crippen molar-refractivity contribution in [1.29, 1.82) is 0 Å². The first-order valence-corrected chi connectivity index (χ1v) is 12.5. The van der Waals surface area contributed by atoms with Crippen LogP contribution in [0.1, 0.15) is 31.2 Å². The summed E-state index contributed by atoms with van der Waals surface area (Å²) < 4.78 is 10.7. The van der Waals surface area contributed by atoms with Crippen LogP contribution in [0.4, 0.5) is 5.69 Å². The summed E-state index contributed by atoms with van der Waals surface area (Å²) in [4.78, 5) is 43.7. The topological polar surface area (TPSA) is 88.2 Å². The second-order valence-electron chi connectivity index (χ2n) is 8.59. The third-order valence-electron chi connectivity index (χ3n) is 6.26. The quantitative estimate of drug-likeness (QED) is 0.661. The van der Waals surface area contributed by atoms with E-state index in [4.69, 9.17) is 9.47 Å². The number of hydrogen-bond donors (Lipinski definition) is 1. The lowest BCUT2D eigenvalue weighted by atomic mass is 10.2. The molecule has 1 saturated heterocycles. The minimum Gasteiger partial charge on any atom is -0.454 e. The van der Waals surface area contributed by atoms with Gasteiger partial charge in [-0.05, 0) is 42.7 Å². The average Bonchev–Trinajstić information content (AvgIpc) is 3.15. The van der Waals surface area contributed by atoms with Gasteiger partial charge in [-0.1, -0.05) is 31.0 Å². The van der Waals surface area contributed by atoms with E-state index in [9.17, 15) is 14.4 Å². The van der Waals surface area contributed by atoms with Crippen LogP contribution in [-0.4, -0.2) is 54.3 Å². The summed E-state index contributed by atoms with van der Waals surface area (Å²) in [6.45, 7) is 1.70. The van der Waals surface area contributed by atoms with Gasteiger partial charge >= 0.3 is 0 Å².